The number of aromatic nitrogens is 2. The van der Waals surface area contributed by atoms with Gasteiger partial charge in [-0.3, -0.25) is 14.9 Å². The van der Waals surface area contributed by atoms with Crippen molar-refractivity contribution >= 4 is 16.8 Å². The number of amides is 1. The summed E-state index contributed by atoms with van der Waals surface area (Å²) in [6.07, 6.45) is 3.44. The van der Waals surface area contributed by atoms with Crippen molar-refractivity contribution in [2.75, 3.05) is 33.4 Å². The Morgan fingerprint density at radius 3 is 2.67 bits per heavy atom. The van der Waals surface area contributed by atoms with Gasteiger partial charge in [0.1, 0.15) is 17.3 Å². The Morgan fingerprint density at radius 1 is 1.20 bits per heavy atom. The molecule has 2 aromatic heterocycles. The summed E-state index contributed by atoms with van der Waals surface area (Å²) in [5.41, 5.74) is 2.13. The van der Waals surface area contributed by atoms with E-state index >= 15 is 0 Å². The Hall–Kier alpha value is -2.88. The normalized spacial score (nSPS) is 14.9. The van der Waals surface area contributed by atoms with Crippen LogP contribution in [0.1, 0.15) is 21.6 Å². The third-order valence-electron chi connectivity index (χ3n) is 5.22. The van der Waals surface area contributed by atoms with Gasteiger partial charge in [-0.2, -0.15) is 0 Å². The average Bonchev–Trinajstić information content (AvgIpc) is 3.06. The van der Waals surface area contributed by atoms with Gasteiger partial charge in [0.05, 0.1) is 31.5 Å². The van der Waals surface area contributed by atoms with E-state index in [1.54, 1.807) is 6.07 Å². The molecule has 1 saturated heterocycles. The van der Waals surface area contributed by atoms with Crippen molar-refractivity contribution in [3.8, 4) is 0 Å². The summed E-state index contributed by atoms with van der Waals surface area (Å²) >= 11 is 0. The molecule has 0 spiro atoms. The Kier molecular flexibility index (Phi) is 5.76. The lowest BCUT2D eigenvalue weighted by Crippen LogP contribution is -2.35. The number of rotatable bonds is 5. The monoisotopic (exact) mass is 416 g/mol. The van der Waals surface area contributed by atoms with Crippen molar-refractivity contribution in [3.05, 3.63) is 65.1 Å². The van der Waals surface area contributed by atoms with Gasteiger partial charge < -0.3 is 9.30 Å². The standard InChI is InChI=1S/C21H22F2N4O3/c1-25(29)21(28)19-9-17-15(11-26-4-6-30-7-5-26)13-27(20(17)10-24-19)12-14-2-3-16(22)8-18(14)23/h2-3,8-10,13,29H,4-7,11-12H2,1H3. The molecule has 9 heteroatoms. The van der Waals surface area contributed by atoms with Crippen LogP contribution in [0.15, 0.2) is 36.7 Å². The zero-order chi connectivity index (χ0) is 21.3. The molecule has 0 bridgehead atoms. The van der Waals surface area contributed by atoms with Crippen LogP contribution < -0.4 is 0 Å². The maximum absolute atomic E-state index is 14.2. The highest BCUT2D eigenvalue weighted by Gasteiger charge is 2.19. The molecule has 0 saturated carbocycles. The van der Waals surface area contributed by atoms with Crippen LogP contribution in [0.25, 0.3) is 10.9 Å². The minimum Gasteiger partial charge on any atom is -0.379 e. The van der Waals surface area contributed by atoms with Gasteiger partial charge in [0, 0.05) is 49.9 Å². The molecular formula is C21H22F2N4O3. The highest BCUT2D eigenvalue weighted by Crippen LogP contribution is 2.25. The molecule has 1 aliphatic rings. The van der Waals surface area contributed by atoms with Crippen molar-refractivity contribution in [2.24, 2.45) is 0 Å². The van der Waals surface area contributed by atoms with E-state index in [1.807, 2.05) is 10.8 Å². The van der Waals surface area contributed by atoms with Crippen LogP contribution >= 0.6 is 0 Å². The van der Waals surface area contributed by atoms with E-state index in [1.165, 1.54) is 25.4 Å². The van der Waals surface area contributed by atoms with Crippen molar-refractivity contribution in [1.29, 1.82) is 0 Å². The zero-order valence-corrected chi connectivity index (χ0v) is 16.5. The minimum atomic E-state index is -0.625. The number of pyridine rings is 1. The number of carbonyl (C=O) groups excluding carboxylic acids is 1. The number of benzene rings is 1. The van der Waals surface area contributed by atoms with Gasteiger partial charge >= 0.3 is 0 Å². The molecular weight excluding hydrogens is 394 g/mol. The molecule has 30 heavy (non-hydrogen) atoms. The second kappa shape index (κ2) is 8.47. The van der Waals surface area contributed by atoms with Crippen LogP contribution in [0, 0.1) is 11.6 Å². The molecule has 0 radical (unpaired) electrons. The van der Waals surface area contributed by atoms with Crippen molar-refractivity contribution in [1.82, 2.24) is 19.5 Å². The van der Waals surface area contributed by atoms with E-state index in [9.17, 15) is 18.8 Å². The fraction of sp³-hybridized carbons (Fsp3) is 0.333. The van der Waals surface area contributed by atoms with Crippen LogP contribution in [0.2, 0.25) is 0 Å². The summed E-state index contributed by atoms with van der Waals surface area (Å²) in [6, 6.07) is 5.15. The topological polar surface area (TPSA) is 70.8 Å². The highest BCUT2D eigenvalue weighted by molar-refractivity contribution is 5.96. The number of hydrogen-bond acceptors (Lipinski definition) is 5. The number of hydroxylamine groups is 2. The number of hydrogen-bond donors (Lipinski definition) is 1. The number of carbonyl (C=O) groups is 1. The average molecular weight is 416 g/mol. The van der Waals surface area contributed by atoms with Gasteiger partial charge in [-0.1, -0.05) is 6.07 Å². The predicted octanol–water partition coefficient (Wildman–Crippen LogP) is 2.66. The number of morpholine rings is 1. The molecule has 1 fully saturated rings. The first-order valence-electron chi connectivity index (χ1n) is 9.61. The Bertz CT molecular complexity index is 1080. The second-order valence-electron chi connectivity index (χ2n) is 7.32. The second-order valence-corrected chi connectivity index (χ2v) is 7.32. The first-order chi connectivity index (χ1) is 14.4. The largest absolute Gasteiger partial charge is 0.379 e. The van der Waals surface area contributed by atoms with Crippen molar-refractivity contribution < 1.29 is 23.5 Å². The molecule has 1 amide bonds. The van der Waals surface area contributed by atoms with Crippen LogP contribution in [0.5, 0.6) is 0 Å². The van der Waals surface area contributed by atoms with E-state index in [4.69, 9.17) is 4.74 Å². The van der Waals surface area contributed by atoms with Gasteiger partial charge in [-0.25, -0.2) is 18.8 Å². The molecule has 1 aromatic carbocycles. The van der Waals surface area contributed by atoms with Crippen molar-refractivity contribution in [2.45, 2.75) is 13.1 Å². The lowest BCUT2D eigenvalue weighted by molar-refractivity contribution is -0.0379. The van der Waals surface area contributed by atoms with Gasteiger partial charge in [-0.15, -0.1) is 0 Å². The number of ether oxygens (including phenoxy) is 1. The fourth-order valence-electron chi connectivity index (χ4n) is 3.63. The lowest BCUT2D eigenvalue weighted by Gasteiger charge is -2.26. The molecule has 0 atom stereocenters. The molecule has 0 unspecified atom stereocenters. The number of halogens is 2. The first kappa shape index (κ1) is 20.4. The summed E-state index contributed by atoms with van der Waals surface area (Å²) in [4.78, 5) is 18.6. The lowest BCUT2D eigenvalue weighted by atomic mass is 10.1. The molecule has 7 nitrogen and oxygen atoms in total. The fourth-order valence-corrected chi connectivity index (χ4v) is 3.63. The first-order valence-corrected chi connectivity index (χ1v) is 9.61. The van der Waals surface area contributed by atoms with Crippen LogP contribution in [0.3, 0.4) is 0 Å². The Balaban J connectivity index is 1.74. The van der Waals surface area contributed by atoms with Crippen LogP contribution in [-0.4, -0.2) is 64.0 Å². The van der Waals surface area contributed by atoms with Gasteiger partial charge in [0.25, 0.3) is 5.91 Å². The van der Waals surface area contributed by atoms with Crippen LogP contribution in [-0.2, 0) is 17.8 Å². The number of fused-ring (bicyclic) bond motifs is 1. The highest BCUT2D eigenvalue weighted by atomic mass is 19.1. The van der Waals surface area contributed by atoms with E-state index in [-0.39, 0.29) is 12.2 Å². The molecule has 1 N–H and O–H groups in total. The Labute approximate surface area is 172 Å². The summed E-state index contributed by atoms with van der Waals surface area (Å²) in [7, 11) is 1.24. The van der Waals surface area contributed by atoms with Gasteiger partial charge in [0.15, 0.2) is 0 Å². The maximum Gasteiger partial charge on any atom is 0.295 e. The molecule has 4 rings (SSSR count). The van der Waals surface area contributed by atoms with E-state index < -0.39 is 17.5 Å². The van der Waals surface area contributed by atoms with E-state index in [0.29, 0.717) is 30.4 Å². The summed E-state index contributed by atoms with van der Waals surface area (Å²) in [5, 5.41) is 10.8. The van der Waals surface area contributed by atoms with Crippen molar-refractivity contribution in [3.63, 3.8) is 0 Å². The zero-order valence-electron chi connectivity index (χ0n) is 16.5. The van der Waals surface area contributed by atoms with E-state index in [2.05, 4.69) is 9.88 Å². The summed E-state index contributed by atoms with van der Waals surface area (Å²) < 4.78 is 34.7. The maximum atomic E-state index is 14.2. The Morgan fingerprint density at radius 2 is 1.97 bits per heavy atom. The predicted molar refractivity (Wildman–Crippen MR) is 105 cm³/mol. The minimum absolute atomic E-state index is 0.112. The third kappa shape index (κ3) is 4.18. The SMILES string of the molecule is CN(O)C(=O)c1cc2c(CN3CCOCC3)cn(Cc3ccc(F)cc3F)c2cn1. The smallest absolute Gasteiger partial charge is 0.295 e. The molecule has 3 aromatic rings. The quantitative estimate of drug-likeness (QED) is 0.512. The third-order valence-corrected chi connectivity index (χ3v) is 5.22. The van der Waals surface area contributed by atoms with E-state index in [0.717, 1.165) is 35.6 Å². The molecule has 1 aliphatic heterocycles. The molecule has 158 valence electrons. The van der Waals surface area contributed by atoms with Gasteiger partial charge in [-0.05, 0) is 17.7 Å². The van der Waals surface area contributed by atoms with Crippen LogP contribution in [0.4, 0.5) is 8.78 Å². The number of nitrogens with zero attached hydrogens (tertiary/aromatic N) is 4. The summed E-state index contributed by atoms with van der Waals surface area (Å²) in [6.45, 7) is 3.71. The summed E-state index contributed by atoms with van der Waals surface area (Å²) in [5.74, 6) is -1.86. The molecule has 3 heterocycles. The van der Waals surface area contributed by atoms with Gasteiger partial charge in [0.2, 0.25) is 0 Å². The molecule has 0 aliphatic carbocycles.